The van der Waals surface area contributed by atoms with Gasteiger partial charge in [0.05, 0.1) is 6.61 Å². The van der Waals surface area contributed by atoms with Gasteiger partial charge in [0.1, 0.15) is 5.75 Å². The molecule has 1 atom stereocenters. The fourth-order valence-electron chi connectivity index (χ4n) is 3.23. The van der Waals surface area contributed by atoms with E-state index in [1.165, 1.54) is 24.0 Å². The Morgan fingerprint density at radius 2 is 2.00 bits per heavy atom. The normalized spacial score (nSPS) is 17.1. The number of aliphatic hydroxyl groups is 1. The van der Waals surface area contributed by atoms with Crippen molar-refractivity contribution < 1.29 is 9.84 Å². The van der Waals surface area contributed by atoms with Crippen LogP contribution in [-0.4, -0.2) is 36.3 Å². The van der Waals surface area contributed by atoms with Gasteiger partial charge < -0.3 is 9.84 Å². The zero-order chi connectivity index (χ0) is 15.1. The van der Waals surface area contributed by atoms with Crippen molar-refractivity contribution in [2.45, 2.75) is 52.0 Å². The molecule has 118 valence electrons. The summed E-state index contributed by atoms with van der Waals surface area (Å²) in [5, 5.41) is 9.44. The molecule has 1 aromatic carbocycles. The van der Waals surface area contributed by atoms with Crippen LogP contribution in [0, 0.1) is 0 Å². The summed E-state index contributed by atoms with van der Waals surface area (Å²) in [6.07, 6.45) is 5.42. The largest absolute Gasteiger partial charge is 0.494 e. The van der Waals surface area contributed by atoms with E-state index >= 15 is 0 Å². The number of ether oxygens (including phenoxy) is 1. The molecule has 0 amide bonds. The molecule has 0 radical (unpaired) electrons. The van der Waals surface area contributed by atoms with E-state index in [-0.39, 0.29) is 6.61 Å². The van der Waals surface area contributed by atoms with Crippen molar-refractivity contribution in [3.63, 3.8) is 0 Å². The SMILES string of the molecule is CCCOc1ccc(C(CCO)N2CCCC2)c(CC)c1. The smallest absolute Gasteiger partial charge is 0.119 e. The molecule has 0 bridgehead atoms. The van der Waals surface area contributed by atoms with Gasteiger partial charge in [-0.1, -0.05) is 19.9 Å². The van der Waals surface area contributed by atoms with Gasteiger partial charge in [-0.25, -0.2) is 0 Å². The minimum absolute atomic E-state index is 0.248. The molecule has 1 aromatic rings. The second-order valence-corrected chi connectivity index (χ2v) is 5.83. The summed E-state index contributed by atoms with van der Waals surface area (Å²) in [4.78, 5) is 2.53. The van der Waals surface area contributed by atoms with E-state index in [0.29, 0.717) is 6.04 Å². The number of nitrogens with zero attached hydrogens (tertiary/aromatic N) is 1. The van der Waals surface area contributed by atoms with Crippen LogP contribution >= 0.6 is 0 Å². The Morgan fingerprint density at radius 3 is 2.62 bits per heavy atom. The fraction of sp³-hybridized carbons (Fsp3) is 0.667. The third kappa shape index (κ3) is 4.21. The highest BCUT2D eigenvalue weighted by atomic mass is 16.5. The van der Waals surface area contributed by atoms with E-state index in [0.717, 1.165) is 44.7 Å². The summed E-state index contributed by atoms with van der Waals surface area (Å²) in [6, 6.07) is 6.84. The van der Waals surface area contributed by atoms with Crippen molar-refractivity contribution in [2.75, 3.05) is 26.3 Å². The molecule has 3 heteroatoms. The molecule has 3 nitrogen and oxygen atoms in total. The summed E-state index contributed by atoms with van der Waals surface area (Å²) in [5.74, 6) is 0.974. The number of likely N-dealkylation sites (tertiary alicyclic amines) is 1. The van der Waals surface area contributed by atoms with Crippen molar-refractivity contribution >= 4 is 0 Å². The monoisotopic (exact) mass is 291 g/mol. The van der Waals surface area contributed by atoms with Crippen LogP contribution < -0.4 is 4.74 Å². The lowest BCUT2D eigenvalue weighted by Gasteiger charge is -2.29. The molecule has 1 N–H and O–H groups in total. The number of benzene rings is 1. The Bertz CT molecular complexity index is 427. The van der Waals surface area contributed by atoms with E-state index in [4.69, 9.17) is 4.74 Å². The first-order chi connectivity index (χ1) is 10.3. The number of hydrogen-bond acceptors (Lipinski definition) is 3. The molecule has 2 rings (SSSR count). The highest BCUT2D eigenvalue weighted by molar-refractivity contribution is 5.38. The zero-order valence-corrected chi connectivity index (χ0v) is 13.5. The van der Waals surface area contributed by atoms with Crippen molar-refractivity contribution in [3.05, 3.63) is 29.3 Å². The molecule has 0 aliphatic carbocycles. The molecule has 1 saturated heterocycles. The maximum atomic E-state index is 9.44. The van der Waals surface area contributed by atoms with Crippen molar-refractivity contribution in [1.82, 2.24) is 4.90 Å². The van der Waals surface area contributed by atoms with Crippen LogP contribution in [0.15, 0.2) is 18.2 Å². The molecular weight excluding hydrogens is 262 g/mol. The average Bonchev–Trinajstić information content (AvgIpc) is 3.04. The van der Waals surface area contributed by atoms with E-state index in [9.17, 15) is 5.11 Å². The molecule has 0 aromatic heterocycles. The summed E-state index contributed by atoms with van der Waals surface area (Å²) >= 11 is 0. The van der Waals surface area contributed by atoms with Crippen LogP contribution in [-0.2, 0) is 6.42 Å². The summed E-state index contributed by atoms with van der Waals surface area (Å²) in [7, 11) is 0. The molecule has 1 aliphatic rings. The lowest BCUT2D eigenvalue weighted by atomic mass is 9.95. The molecule has 0 spiro atoms. The third-order valence-corrected chi connectivity index (χ3v) is 4.31. The lowest BCUT2D eigenvalue weighted by molar-refractivity contribution is 0.184. The van der Waals surface area contributed by atoms with Gasteiger partial charge in [-0.05, 0) is 68.5 Å². The first-order valence-corrected chi connectivity index (χ1v) is 8.40. The second-order valence-electron chi connectivity index (χ2n) is 5.83. The standard InChI is InChI=1S/C18H29NO2/c1-3-13-21-16-7-8-17(15(4-2)14-16)18(9-12-20)19-10-5-6-11-19/h7-8,14,18,20H,3-6,9-13H2,1-2H3. The predicted octanol–water partition coefficient (Wildman–Crippen LogP) is 3.56. The molecular formula is C18H29NO2. The minimum atomic E-state index is 0.248. The summed E-state index contributed by atoms with van der Waals surface area (Å²) < 4.78 is 5.75. The molecule has 1 heterocycles. The lowest BCUT2D eigenvalue weighted by Crippen LogP contribution is -2.27. The van der Waals surface area contributed by atoms with E-state index < -0.39 is 0 Å². The maximum absolute atomic E-state index is 9.44. The van der Waals surface area contributed by atoms with Crippen LogP contribution in [0.5, 0.6) is 5.75 Å². The number of hydrogen-bond donors (Lipinski definition) is 1. The third-order valence-electron chi connectivity index (χ3n) is 4.31. The van der Waals surface area contributed by atoms with Crippen molar-refractivity contribution in [1.29, 1.82) is 0 Å². The summed E-state index contributed by atoms with van der Waals surface area (Å²) in [6.45, 7) is 7.65. The highest BCUT2D eigenvalue weighted by Crippen LogP contribution is 2.32. The Kier molecular flexibility index (Phi) is 6.52. The van der Waals surface area contributed by atoms with Gasteiger partial charge in [-0.15, -0.1) is 0 Å². The zero-order valence-electron chi connectivity index (χ0n) is 13.5. The Hall–Kier alpha value is -1.06. The van der Waals surface area contributed by atoms with Crippen LogP contribution in [0.25, 0.3) is 0 Å². The topological polar surface area (TPSA) is 32.7 Å². The van der Waals surface area contributed by atoms with Gasteiger partial charge in [0.25, 0.3) is 0 Å². The Balaban J connectivity index is 2.21. The molecule has 1 unspecified atom stereocenters. The second kappa shape index (κ2) is 8.40. The first kappa shape index (κ1) is 16.3. The van der Waals surface area contributed by atoms with Gasteiger partial charge in [0, 0.05) is 12.6 Å². The molecule has 0 saturated carbocycles. The van der Waals surface area contributed by atoms with Crippen LogP contribution in [0.2, 0.25) is 0 Å². The van der Waals surface area contributed by atoms with Gasteiger partial charge in [0.2, 0.25) is 0 Å². The maximum Gasteiger partial charge on any atom is 0.119 e. The Labute approximate surface area is 128 Å². The minimum Gasteiger partial charge on any atom is -0.494 e. The van der Waals surface area contributed by atoms with E-state index in [1.807, 2.05) is 0 Å². The van der Waals surface area contributed by atoms with Crippen molar-refractivity contribution in [2.24, 2.45) is 0 Å². The summed E-state index contributed by atoms with van der Waals surface area (Å²) in [5.41, 5.74) is 2.73. The van der Waals surface area contributed by atoms with Crippen molar-refractivity contribution in [3.8, 4) is 5.75 Å². The number of rotatable bonds is 8. The van der Waals surface area contributed by atoms with Gasteiger partial charge >= 0.3 is 0 Å². The Morgan fingerprint density at radius 1 is 1.24 bits per heavy atom. The average molecular weight is 291 g/mol. The van der Waals surface area contributed by atoms with E-state index in [2.05, 4.69) is 36.9 Å². The highest BCUT2D eigenvalue weighted by Gasteiger charge is 2.24. The molecule has 21 heavy (non-hydrogen) atoms. The van der Waals surface area contributed by atoms with Crippen LogP contribution in [0.4, 0.5) is 0 Å². The van der Waals surface area contributed by atoms with Gasteiger partial charge in [-0.2, -0.15) is 0 Å². The molecule has 1 fully saturated rings. The van der Waals surface area contributed by atoms with Gasteiger partial charge in [-0.3, -0.25) is 4.90 Å². The quantitative estimate of drug-likeness (QED) is 0.795. The fourth-order valence-corrected chi connectivity index (χ4v) is 3.23. The number of aliphatic hydroxyl groups excluding tert-OH is 1. The first-order valence-electron chi connectivity index (χ1n) is 8.40. The van der Waals surface area contributed by atoms with Crippen LogP contribution in [0.3, 0.4) is 0 Å². The molecule has 1 aliphatic heterocycles. The van der Waals surface area contributed by atoms with Gasteiger partial charge in [0.15, 0.2) is 0 Å². The number of aryl methyl sites for hydroxylation is 1. The predicted molar refractivity (Wildman–Crippen MR) is 86.9 cm³/mol. The van der Waals surface area contributed by atoms with Crippen LogP contribution in [0.1, 0.15) is 56.7 Å². The van der Waals surface area contributed by atoms with E-state index in [1.54, 1.807) is 0 Å².